The van der Waals surface area contributed by atoms with E-state index in [0.29, 0.717) is 29.4 Å². The predicted molar refractivity (Wildman–Crippen MR) is 102 cm³/mol. The van der Waals surface area contributed by atoms with Crippen molar-refractivity contribution in [3.05, 3.63) is 23.8 Å². The normalized spacial score (nSPS) is 16.9. The molecule has 0 bridgehead atoms. The number of benzene rings is 1. The first-order valence-electron chi connectivity index (χ1n) is 8.87. The summed E-state index contributed by atoms with van der Waals surface area (Å²) in [5.41, 5.74) is 7.43. The summed E-state index contributed by atoms with van der Waals surface area (Å²) in [4.78, 5) is 6.74. The Labute approximate surface area is 151 Å². The van der Waals surface area contributed by atoms with Gasteiger partial charge in [0.25, 0.3) is 0 Å². The fourth-order valence-electron chi connectivity index (χ4n) is 3.68. The lowest BCUT2D eigenvalue weighted by molar-refractivity contribution is 0.202. The van der Waals surface area contributed by atoms with Crippen molar-refractivity contribution in [2.45, 2.75) is 32.2 Å². The Morgan fingerprint density at radius 2 is 1.88 bits per heavy atom. The van der Waals surface area contributed by atoms with Gasteiger partial charge in [-0.25, -0.2) is 4.99 Å². The molecule has 6 heteroatoms. The van der Waals surface area contributed by atoms with Crippen molar-refractivity contribution in [2.75, 3.05) is 41.4 Å². The highest BCUT2D eigenvalue weighted by molar-refractivity contribution is 5.77. The standard InChI is InChI=1S/C19H32N4O2/c1-23(2)14-19(9-5-6-10-19)13-22-18(20)21-12-15-7-8-16(24-3)17(11-15)25-4/h7-8,11H,5-6,9-10,12-14H2,1-4H3,(H3,20,21,22). The van der Waals surface area contributed by atoms with Gasteiger partial charge < -0.3 is 25.4 Å². The average molecular weight is 348 g/mol. The van der Waals surface area contributed by atoms with Gasteiger partial charge in [0.2, 0.25) is 0 Å². The summed E-state index contributed by atoms with van der Waals surface area (Å²) in [6.07, 6.45) is 5.11. The Morgan fingerprint density at radius 1 is 1.20 bits per heavy atom. The van der Waals surface area contributed by atoms with Crippen molar-refractivity contribution in [3.63, 3.8) is 0 Å². The molecule has 1 aromatic rings. The molecule has 0 atom stereocenters. The summed E-state index contributed by atoms with van der Waals surface area (Å²) in [5.74, 6) is 1.92. The van der Waals surface area contributed by atoms with Crippen LogP contribution in [0.25, 0.3) is 0 Å². The van der Waals surface area contributed by atoms with Crippen LogP contribution in [0, 0.1) is 5.41 Å². The molecule has 0 aromatic heterocycles. The molecule has 6 nitrogen and oxygen atoms in total. The van der Waals surface area contributed by atoms with Gasteiger partial charge in [-0.15, -0.1) is 0 Å². The van der Waals surface area contributed by atoms with Crippen LogP contribution in [0.3, 0.4) is 0 Å². The summed E-state index contributed by atoms with van der Waals surface area (Å²) in [6, 6.07) is 5.79. The molecule has 0 aliphatic heterocycles. The molecule has 1 aliphatic carbocycles. The van der Waals surface area contributed by atoms with Gasteiger partial charge in [0.15, 0.2) is 17.5 Å². The molecule has 0 unspecified atom stereocenters. The number of ether oxygens (including phenoxy) is 2. The van der Waals surface area contributed by atoms with Crippen molar-refractivity contribution in [1.82, 2.24) is 10.2 Å². The second kappa shape index (κ2) is 8.94. The first-order valence-corrected chi connectivity index (χ1v) is 8.87. The first kappa shape index (κ1) is 19.4. The van der Waals surface area contributed by atoms with Crippen LogP contribution in [0.5, 0.6) is 11.5 Å². The van der Waals surface area contributed by atoms with Gasteiger partial charge in [-0.05, 0) is 44.6 Å². The number of nitrogens with zero attached hydrogens (tertiary/aromatic N) is 2. The van der Waals surface area contributed by atoms with Crippen LogP contribution in [-0.4, -0.2) is 52.3 Å². The van der Waals surface area contributed by atoms with Crippen molar-refractivity contribution in [2.24, 2.45) is 16.1 Å². The number of nitrogens with two attached hydrogens (primary N) is 1. The van der Waals surface area contributed by atoms with E-state index in [2.05, 4.69) is 29.3 Å². The third-order valence-electron chi connectivity index (χ3n) is 4.84. The lowest BCUT2D eigenvalue weighted by Gasteiger charge is -2.32. The minimum atomic E-state index is 0.312. The Morgan fingerprint density at radius 3 is 2.48 bits per heavy atom. The number of rotatable bonds is 8. The summed E-state index contributed by atoms with van der Waals surface area (Å²) in [6.45, 7) is 2.48. The summed E-state index contributed by atoms with van der Waals surface area (Å²) < 4.78 is 10.6. The van der Waals surface area contributed by atoms with Gasteiger partial charge in [-0.2, -0.15) is 0 Å². The summed E-state index contributed by atoms with van der Waals surface area (Å²) in [5, 5.41) is 3.34. The molecule has 1 saturated carbocycles. The van der Waals surface area contributed by atoms with Crippen LogP contribution in [0.2, 0.25) is 0 Å². The Hall–Kier alpha value is -1.95. The SMILES string of the molecule is COc1ccc(CN=C(N)NCC2(CN(C)C)CCCC2)cc1OC. The molecule has 1 aromatic carbocycles. The van der Waals surface area contributed by atoms with Crippen molar-refractivity contribution >= 4 is 5.96 Å². The van der Waals surface area contributed by atoms with Gasteiger partial charge in [-0.1, -0.05) is 18.9 Å². The number of guanidine groups is 1. The van der Waals surface area contributed by atoms with Gasteiger partial charge in [0.05, 0.1) is 20.8 Å². The topological polar surface area (TPSA) is 72.1 Å². The first-order chi connectivity index (χ1) is 12.0. The highest BCUT2D eigenvalue weighted by atomic mass is 16.5. The second-order valence-electron chi connectivity index (χ2n) is 7.19. The van der Waals surface area contributed by atoms with E-state index < -0.39 is 0 Å². The van der Waals surface area contributed by atoms with E-state index in [1.807, 2.05) is 18.2 Å². The molecule has 1 aliphatic rings. The van der Waals surface area contributed by atoms with Gasteiger partial charge in [-0.3, -0.25) is 0 Å². The molecule has 0 radical (unpaired) electrons. The van der Waals surface area contributed by atoms with E-state index in [1.165, 1.54) is 25.7 Å². The van der Waals surface area contributed by atoms with Crippen molar-refractivity contribution in [1.29, 1.82) is 0 Å². The molecule has 0 amide bonds. The number of aliphatic imine (C=N–C) groups is 1. The highest BCUT2D eigenvalue weighted by Gasteiger charge is 2.34. The molecule has 1 fully saturated rings. The fourth-order valence-corrected chi connectivity index (χ4v) is 3.68. The van der Waals surface area contributed by atoms with Gasteiger partial charge in [0, 0.05) is 18.5 Å². The lowest BCUT2D eigenvalue weighted by Crippen LogP contribution is -2.44. The molecule has 3 N–H and O–H groups in total. The molecule has 2 rings (SSSR count). The van der Waals surface area contributed by atoms with Crippen LogP contribution in [0.1, 0.15) is 31.2 Å². The van der Waals surface area contributed by atoms with Crippen molar-refractivity contribution < 1.29 is 9.47 Å². The van der Waals surface area contributed by atoms with Crippen LogP contribution < -0.4 is 20.5 Å². The van der Waals surface area contributed by atoms with Crippen LogP contribution >= 0.6 is 0 Å². The molecule has 0 saturated heterocycles. The van der Waals surface area contributed by atoms with Crippen LogP contribution in [0.15, 0.2) is 23.2 Å². The molecule has 140 valence electrons. The molecular weight excluding hydrogens is 316 g/mol. The van der Waals surface area contributed by atoms with E-state index in [9.17, 15) is 0 Å². The smallest absolute Gasteiger partial charge is 0.188 e. The second-order valence-corrected chi connectivity index (χ2v) is 7.19. The van der Waals surface area contributed by atoms with Crippen molar-refractivity contribution in [3.8, 4) is 11.5 Å². The van der Waals surface area contributed by atoms with E-state index in [1.54, 1.807) is 14.2 Å². The minimum Gasteiger partial charge on any atom is -0.493 e. The molecule has 25 heavy (non-hydrogen) atoms. The average Bonchev–Trinajstić information content (AvgIpc) is 3.05. The van der Waals surface area contributed by atoms with E-state index in [-0.39, 0.29) is 0 Å². The zero-order valence-electron chi connectivity index (χ0n) is 16.0. The maximum Gasteiger partial charge on any atom is 0.188 e. The molecule has 0 spiro atoms. The highest BCUT2D eigenvalue weighted by Crippen LogP contribution is 2.37. The molecule has 0 heterocycles. The summed E-state index contributed by atoms with van der Waals surface area (Å²) in [7, 11) is 7.53. The van der Waals surface area contributed by atoms with Gasteiger partial charge >= 0.3 is 0 Å². The predicted octanol–water partition coefficient (Wildman–Crippen LogP) is 2.23. The molecular formula is C19H32N4O2. The summed E-state index contributed by atoms with van der Waals surface area (Å²) >= 11 is 0. The quantitative estimate of drug-likeness (QED) is 0.557. The maximum absolute atomic E-state index is 6.09. The lowest BCUT2D eigenvalue weighted by atomic mass is 9.85. The minimum absolute atomic E-state index is 0.312. The monoisotopic (exact) mass is 348 g/mol. The van der Waals surface area contributed by atoms with Gasteiger partial charge in [0.1, 0.15) is 0 Å². The largest absolute Gasteiger partial charge is 0.493 e. The van der Waals surface area contributed by atoms with E-state index in [0.717, 1.165) is 18.7 Å². The number of nitrogens with one attached hydrogen (secondary N) is 1. The Bertz CT molecular complexity index is 581. The Balaban J connectivity index is 1.93. The van der Waals surface area contributed by atoms with Crippen LogP contribution in [0.4, 0.5) is 0 Å². The third kappa shape index (κ3) is 5.53. The zero-order chi connectivity index (χ0) is 18.3. The zero-order valence-corrected chi connectivity index (χ0v) is 16.0. The number of hydrogen-bond donors (Lipinski definition) is 2. The van der Waals surface area contributed by atoms with E-state index >= 15 is 0 Å². The van der Waals surface area contributed by atoms with E-state index in [4.69, 9.17) is 15.2 Å². The maximum atomic E-state index is 6.09. The number of methoxy groups -OCH3 is 2. The van der Waals surface area contributed by atoms with Crippen LogP contribution in [-0.2, 0) is 6.54 Å². The third-order valence-corrected chi connectivity index (χ3v) is 4.84. The Kier molecular flexibility index (Phi) is 6.93. The fraction of sp³-hybridized carbons (Fsp3) is 0.632. The number of hydrogen-bond acceptors (Lipinski definition) is 4.